The number of nitrogens with zero attached hydrogens (tertiary/aromatic N) is 2. The molecule has 5 nitrogen and oxygen atoms in total. The van der Waals surface area contributed by atoms with Crippen molar-refractivity contribution in [3.8, 4) is 0 Å². The van der Waals surface area contributed by atoms with E-state index in [0.29, 0.717) is 18.9 Å². The van der Waals surface area contributed by atoms with Gasteiger partial charge in [0.25, 0.3) is 0 Å². The Bertz CT molecular complexity index is 831. The van der Waals surface area contributed by atoms with Crippen molar-refractivity contribution in [3.63, 3.8) is 0 Å². The first-order valence-corrected chi connectivity index (χ1v) is 10.7. The predicted octanol–water partition coefficient (Wildman–Crippen LogP) is 2.61. The number of likely N-dealkylation sites (N-methyl/N-ethyl adjacent to an activating group) is 1. The number of benzene rings is 1. The first kappa shape index (κ1) is 21.2. The molecule has 0 aromatic heterocycles. The third-order valence-corrected chi connectivity index (χ3v) is 6.88. The summed E-state index contributed by atoms with van der Waals surface area (Å²) >= 11 is 0. The van der Waals surface area contributed by atoms with E-state index in [4.69, 9.17) is 5.73 Å². The van der Waals surface area contributed by atoms with Crippen molar-refractivity contribution in [2.75, 3.05) is 13.6 Å². The Kier molecular flexibility index (Phi) is 5.79. The Balaban J connectivity index is 1.37. The maximum atomic E-state index is 14.0. The molecule has 30 heavy (non-hydrogen) atoms. The Hall–Kier alpha value is -2.09. The number of carbonyl (C=O) groups is 2. The normalized spacial score (nSPS) is 26.6. The van der Waals surface area contributed by atoms with Crippen LogP contribution in [0.15, 0.2) is 12.1 Å². The van der Waals surface area contributed by atoms with E-state index in [9.17, 15) is 22.8 Å². The van der Waals surface area contributed by atoms with E-state index in [-0.39, 0.29) is 54.3 Å². The number of rotatable bonds is 6. The lowest BCUT2D eigenvalue weighted by Gasteiger charge is -2.41. The molecular formula is C22H28F3N3O2. The molecule has 2 aliphatic heterocycles. The highest BCUT2D eigenvalue weighted by molar-refractivity contribution is 5.87. The summed E-state index contributed by atoms with van der Waals surface area (Å²) < 4.78 is 40.6. The molecule has 1 unspecified atom stereocenters. The van der Waals surface area contributed by atoms with Crippen LogP contribution in [-0.4, -0.2) is 53.3 Å². The fraction of sp³-hybridized carbons (Fsp3) is 0.636. The smallest absolute Gasteiger partial charge is 0.242 e. The Morgan fingerprint density at radius 1 is 1.07 bits per heavy atom. The summed E-state index contributed by atoms with van der Waals surface area (Å²) in [5, 5.41) is 0. The van der Waals surface area contributed by atoms with E-state index in [1.165, 1.54) is 4.90 Å². The molecule has 3 fully saturated rings. The summed E-state index contributed by atoms with van der Waals surface area (Å²) in [6, 6.07) is 1.16. The SMILES string of the molecule is CN(CC(=O)N1[C@@H]2CC[C@H]1CC([C@H](N)Cc1cc(F)c(F)cc1F)C2)C(=O)C1CC1. The molecule has 2 heterocycles. The van der Waals surface area contributed by atoms with Gasteiger partial charge in [-0.25, -0.2) is 13.2 Å². The molecule has 0 spiro atoms. The van der Waals surface area contributed by atoms with Gasteiger partial charge in [-0.15, -0.1) is 0 Å². The van der Waals surface area contributed by atoms with E-state index in [1.807, 2.05) is 4.90 Å². The highest BCUT2D eigenvalue weighted by Gasteiger charge is 2.45. The summed E-state index contributed by atoms with van der Waals surface area (Å²) in [4.78, 5) is 28.5. The first-order chi connectivity index (χ1) is 14.2. The predicted molar refractivity (Wildman–Crippen MR) is 105 cm³/mol. The molecule has 2 N–H and O–H groups in total. The van der Waals surface area contributed by atoms with Crippen molar-refractivity contribution in [1.82, 2.24) is 9.80 Å². The second-order valence-corrected chi connectivity index (χ2v) is 9.11. The molecule has 2 bridgehead atoms. The van der Waals surface area contributed by atoms with Gasteiger partial charge in [-0.1, -0.05) is 0 Å². The van der Waals surface area contributed by atoms with E-state index in [2.05, 4.69) is 0 Å². The van der Waals surface area contributed by atoms with Gasteiger partial charge in [0.1, 0.15) is 5.82 Å². The summed E-state index contributed by atoms with van der Waals surface area (Å²) in [5.74, 6) is -2.91. The van der Waals surface area contributed by atoms with Gasteiger partial charge in [-0.2, -0.15) is 0 Å². The molecule has 1 aromatic rings. The number of fused-ring (bicyclic) bond motifs is 2. The fourth-order valence-corrected chi connectivity index (χ4v) is 5.12. The fourth-order valence-electron chi connectivity index (χ4n) is 5.12. The van der Waals surface area contributed by atoms with Crippen LogP contribution in [0.5, 0.6) is 0 Å². The largest absolute Gasteiger partial charge is 0.336 e. The molecule has 2 saturated heterocycles. The minimum absolute atomic E-state index is 0.0299. The van der Waals surface area contributed by atoms with Crippen LogP contribution < -0.4 is 5.73 Å². The van der Waals surface area contributed by atoms with Crippen LogP contribution in [0.4, 0.5) is 13.2 Å². The van der Waals surface area contributed by atoms with E-state index < -0.39 is 23.5 Å². The third kappa shape index (κ3) is 4.19. The third-order valence-electron chi connectivity index (χ3n) is 6.88. The lowest BCUT2D eigenvalue weighted by molar-refractivity contribution is -0.143. The maximum absolute atomic E-state index is 14.0. The minimum atomic E-state index is -1.21. The van der Waals surface area contributed by atoms with Crippen molar-refractivity contribution in [1.29, 1.82) is 0 Å². The van der Waals surface area contributed by atoms with Crippen molar-refractivity contribution < 1.29 is 22.8 Å². The zero-order valence-corrected chi connectivity index (χ0v) is 17.1. The summed E-state index contributed by atoms with van der Waals surface area (Å²) in [7, 11) is 1.68. The number of hydrogen-bond donors (Lipinski definition) is 1. The zero-order valence-electron chi connectivity index (χ0n) is 17.1. The quantitative estimate of drug-likeness (QED) is 0.716. The molecule has 4 rings (SSSR count). The molecule has 1 saturated carbocycles. The van der Waals surface area contributed by atoms with E-state index >= 15 is 0 Å². The average Bonchev–Trinajstić information content (AvgIpc) is 3.50. The summed E-state index contributed by atoms with van der Waals surface area (Å²) in [5.41, 5.74) is 6.41. The molecule has 1 aromatic carbocycles. The molecule has 2 amide bonds. The van der Waals surface area contributed by atoms with Crippen LogP contribution in [0, 0.1) is 29.3 Å². The summed E-state index contributed by atoms with van der Waals surface area (Å²) in [6.45, 7) is 0.0964. The molecular weight excluding hydrogens is 395 g/mol. The standard InChI is InChI=1S/C22H28F3N3O2/c1-27(22(30)12-2-3-12)11-21(29)28-15-4-5-16(28)7-14(6-15)20(26)9-13-8-18(24)19(25)10-17(13)23/h8,10,12,14-16,20H,2-7,9,11,26H2,1H3/t14?,15-,16+,20-/m1/s1. The number of hydrogen-bond acceptors (Lipinski definition) is 3. The van der Waals surface area contributed by atoms with Gasteiger partial charge in [0, 0.05) is 37.2 Å². The van der Waals surface area contributed by atoms with Crippen LogP contribution in [0.25, 0.3) is 0 Å². The van der Waals surface area contributed by atoms with Gasteiger partial charge in [0.05, 0.1) is 6.54 Å². The van der Waals surface area contributed by atoms with Gasteiger partial charge in [0.2, 0.25) is 11.8 Å². The van der Waals surface area contributed by atoms with Gasteiger partial charge < -0.3 is 15.5 Å². The highest BCUT2D eigenvalue weighted by atomic mass is 19.2. The van der Waals surface area contributed by atoms with E-state index in [0.717, 1.165) is 31.7 Å². The van der Waals surface area contributed by atoms with Crippen LogP contribution in [0.2, 0.25) is 0 Å². The van der Waals surface area contributed by atoms with Crippen molar-refractivity contribution >= 4 is 11.8 Å². The second kappa shape index (κ2) is 8.21. The Labute approximate surface area is 174 Å². The molecule has 1 aliphatic carbocycles. The van der Waals surface area contributed by atoms with Gasteiger partial charge in [0.15, 0.2) is 11.6 Å². The molecule has 8 heteroatoms. The Morgan fingerprint density at radius 2 is 1.67 bits per heavy atom. The van der Waals surface area contributed by atoms with Gasteiger partial charge in [-0.05, 0) is 62.5 Å². The topological polar surface area (TPSA) is 66.6 Å². The lowest BCUT2D eigenvalue weighted by Crippen LogP contribution is -2.53. The van der Waals surface area contributed by atoms with Crippen LogP contribution in [0.3, 0.4) is 0 Å². The Morgan fingerprint density at radius 3 is 2.27 bits per heavy atom. The maximum Gasteiger partial charge on any atom is 0.242 e. The highest BCUT2D eigenvalue weighted by Crippen LogP contribution is 2.40. The monoisotopic (exact) mass is 423 g/mol. The summed E-state index contributed by atoms with van der Waals surface area (Å²) in [6.07, 6.45) is 5.12. The van der Waals surface area contributed by atoms with Gasteiger partial charge >= 0.3 is 0 Å². The van der Waals surface area contributed by atoms with Crippen molar-refractivity contribution in [2.24, 2.45) is 17.6 Å². The number of piperidine rings is 1. The van der Waals surface area contributed by atoms with Crippen LogP contribution in [0.1, 0.15) is 44.1 Å². The number of carbonyl (C=O) groups excluding carboxylic acids is 2. The van der Waals surface area contributed by atoms with Crippen molar-refractivity contribution in [3.05, 3.63) is 35.1 Å². The van der Waals surface area contributed by atoms with Gasteiger partial charge in [-0.3, -0.25) is 9.59 Å². The van der Waals surface area contributed by atoms with Crippen LogP contribution in [-0.2, 0) is 16.0 Å². The first-order valence-electron chi connectivity index (χ1n) is 10.7. The lowest BCUT2D eigenvalue weighted by atomic mass is 9.82. The van der Waals surface area contributed by atoms with Crippen LogP contribution >= 0.6 is 0 Å². The zero-order chi connectivity index (χ0) is 21.6. The van der Waals surface area contributed by atoms with E-state index in [1.54, 1.807) is 7.05 Å². The number of halogens is 3. The second-order valence-electron chi connectivity index (χ2n) is 9.11. The van der Waals surface area contributed by atoms with Crippen molar-refractivity contribution in [2.45, 2.75) is 63.1 Å². The molecule has 0 radical (unpaired) electrons. The average molecular weight is 423 g/mol. The molecule has 3 aliphatic rings. The molecule has 4 atom stereocenters. The number of amides is 2. The minimum Gasteiger partial charge on any atom is -0.336 e. The molecule has 164 valence electrons. The number of nitrogens with two attached hydrogens (primary N) is 1.